The van der Waals surface area contributed by atoms with Gasteiger partial charge in [-0.05, 0) is 69.2 Å². The summed E-state index contributed by atoms with van der Waals surface area (Å²) in [6, 6.07) is 5.11. The molecule has 2 aromatic rings. The van der Waals surface area contributed by atoms with Gasteiger partial charge in [0.05, 0.1) is 12.8 Å². The van der Waals surface area contributed by atoms with E-state index in [1.807, 2.05) is 13.0 Å². The molecule has 0 radical (unpaired) electrons. The van der Waals surface area contributed by atoms with Crippen LogP contribution in [0.2, 0.25) is 0 Å². The molecular formula is C22H29N3O4S. The summed E-state index contributed by atoms with van der Waals surface area (Å²) in [6.07, 6.45) is 7.32. The van der Waals surface area contributed by atoms with E-state index in [0.29, 0.717) is 23.6 Å². The van der Waals surface area contributed by atoms with Crippen LogP contribution in [0.5, 0.6) is 5.75 Å². The van der Waals surface area contributed by atoms with Crippen molar-refractivity contribution in [2.75, 3.05) is 7.11 Å². The Kier molecular flexibility index (Phi) is 5.97. The van der Waals surface area contributed by atoms with Gasteiger partial charge in [0.15, 0.2) is 0 Å². The molecule has 0 saturated heterocycles. The van der Waals surface area contributed by atoms with Gasteiger partial charge < -0.3 is 4.74 Å². The number of fused-ring (bicyclic) bond motifs is 1. The molecule has 1 saturated carbocycles. The number of nitrogens with zero attached hydrogens (tertiary/aromatic N) is 2. The predicted octanol–water partition coefficient (Wildman–Crippen LogP) is 3.04. The van der Waals surface area contributed by atoms with Gasteiger partial charge in [-0.1, -0.05) is 12.8 Å². The smallest absolute Gasteiger partial charge is 0.270 e. The number of ether oxygens (including phenoxy) is 1. The van der Waals surface area contributed by atoms with E-state index >= 15 is 0 Å². The fraction of sp³-hybridized carbons (Fsp3) is 0.545. The number of methoxy groups -OCH3 is 1. The molecule has 1 heterocycles. The molecule has 1 aromatic heterocycles. The van der Waals surface area contributed by atoms with Crippen LogP contribution in [0.3, 0.4) is 0 Å². The number of rotatable bonds is 6. The minimum atomic E-state index is -3.73. The highest BCUT2D eigenvalue weighted by Crippen LogP contribution is 2.33. The van der Waals surface area contributed by atoms with E-state index in [1.54, 1.807) is 12.1 Å². The summed E-state index contributed by atoms with van der Waals surface area (Å²) >= 11 is 0. The Morgan fingerprint density at radius 2 is 1.83 bits per heavy atom. The molecule has 0 aliphatic heterocycles. The van der Waals surface area contributed by atoms with E-state index in [4.69, 9.17) is 4.74 Å². The van der Waals surface area contributed by atoms with Crippen molar-refractivity contribution in [2.24, 2.45) is 0 Å². The molecule has 0 bridgehead atoms. The Morgan fingerprint density at radius 3 is 2.50 bits per heavy atom. The number of aryl methyl sites for hydroxylation is 1. The zero-order valence-corrected chi connectivity index (χ0v) is 18.4. The molecule has 162 valence electrons. The van der Waals surface area contributed by atoms with E-state index in [1.165, 1.54) is 11.8 Å². The summed E-state index contributed by atoms with van der Waals surface area (Å²) in [5, 5.41) is 4.60. The lowest BCUT2D eigenvalue weighted by molar-refractivity contribution is 0.402. The largest absolute Gasteiger partial charge is 0.495 e. The molecule has 8 heteroatoms. The second-order valence-corrected chi connectivity index (χ2v) is 9.78. The maximum absolute atomic E-state index is 13.2. The van der Waals surface area contributed by atoms with Crippen molar-refractivity contribution in [3.63, 3.8) is 0 Å². The topological polar surface area (TPSA) is 90.3 Å². The third-order valence-corrected chi connectivity index (χ3v) is 7.71. The highest BCUT2D eigenvalue weighted by Gasteiger charge is 2.27. The van der Waals surface area contributed by atoms with Crippen molar-refractivity contribution in [1.82, 2.24) is 14.5 Å². The Morgan fingerprint density at radius 1 is 1.13 bits per heavy atom. The van der Waals surface area contributed by atoms with Crippen LogP contribution < -0.4 is 15.0 Å². The molecule has 1 N–H and O–H groups in total. The van der Waals surface area contributed by atoms with E-state index in [9.17, 15) is 13.2 Å². The number of nitrogens with one attached hydrogen (secondary N) is 1. The second-order valence-electron chi connectivity index (χ2n) is 8.10. The number of hydrogen-bond donors (Lipinski definition) is 1. The summed E-state index contributed by atoms with van der Waals surface area (Å²) in [6.45, 7) is 2.37. The molecule has 1 fully saturated rings. The molecule has 2 aliphatic rings. The molecule has 1 aromatic carbocycles. The van der Waals surface area contributed by atoms with Crippen molar-refractivity contribution < 1.29 is 13.2 Å². The summed E-state index contributed by atoms with van der Waals surface area (Å²) in [7, 11) is -2.26. The lowest BCUT2D eigenvalue weighted by Crippen LogP contribution is -2.33. The van der Waals surface area contributed by atoms with Crippen LogP contribution in [0.1, 0.15) is 56.6 Å². The normalized spacial score (nSPS) is 17.1. The first-order valence-corrected chi connectivity index (χ1v) is 12.3. The minimum Gasteiger partial charge on any atom is -0.495 e. The van der Waals surface area contributed by atoms with Crippen LogP contribution in [0.25, 0.3) is 11.3 Å². The van der Waals surface area contributed by atoms with Crippen LogP contribution in [-0.4, -0.2) is 31.3 Å². The number of sulfonamides is 1. The molecule has 0 amide bonds. The van der Waals surface area contributed by atoms with Crippen molar-refractivity contribution in [2.45, 2.75) is 75.8 Å². The van der Waals surface area contributed by atoms with E-state index < -0.39 is 10.0 Å². The van der Waals surface area contributed by atoms with E-state index in [-0.39, 0.29) is 16.5 Å². The lowest BCUT2D eigenvalue weighted by atomic mass is 9.90. The average molecular weight is 432 g/mol. The van der Waals surface area contributed by atoms with Gasteiger partial charge in [-0.15, -0.1) is 0 Å². The van der Waals surface area contributed by atoms with Crippen molar-refractivity contribution in [3.05, 3.63) is 39.7 Å². The first-order chi connectivity index (χ1) is 14.4. The van der Waals surface area contributed by atoms with Crippen LogP contribution >= 0.6 is 0 Å². The monoisotopic (exact) mass is 431 g/mol. The van der Waals surface area contributed by atoms with Gasteiger partial charge in [-0.25, -0.2) is 17.8 Å². The summed E-state index contributed by atoms with van der Waals surface area (Å²) in [4.78, 5) is 12.8. The average Bonchev–Trinajstić information content (AvgIpc) is 3.26. The number of aromatic nitrogens is 2. The first-order valence-electron chi connectivity index (χ1n) is 10.8. The maximum atomic E-state index is 13.2. The van der Waals surface area contributed by atoms with Gasteiger partial charge in [0.1, 0.15) is 10.6 Å². The van der Waals surface area contributed by atoms with Crippen LogP contribution in [0.15, 0.2) is 27.9 Å². The van der Waals surface area contributed by atoms with Crippen LogP contribution in [0, 0.1) is 0 Å². The Hall–Kier alpha value is -2.19. The summed E-state index contributed by atoms with van der Waals surface area (Å²) in [5.41, 5.74) is 3.14. The number of hydrogen-bond acceptors (Lipinski definition) is 5. The van der Waals surface area contributed by atoms with Crippen LogP contribution in [-0.2, 0) is 29.4 Å². The molecule has 0 spiro atoms. The van der Waals surface area contributed by atoms with Gasteiger partial charge in [-0.2, -0.15) is 5.10 Å². The fourth-order valence-corrected chi connectivity index (χ4v) is 6.09. The molecule has 7 nitrogen and oxygen atoms in total. The highest BCUT2D eigenvalue weighted by atomic mass is 32.2. The molecule has 4 rings (SSSR count). The van der Waals surface area contributed by atoms with Gasteiger partial charge >= 0.3 is 0 Å². The van der Waals surface area contributed by atoms with E-state index in [2.05, 4.69) is 9.82 Å². The molecule has 0 unspecified atom stereocenters. The van der Waals surface area contributed by atoms with E-state index in [0.717, 1.165) is 62.5 Å². The van der Waals surface area contributed by atoms with Gasteiger partial charge in [0.2, 0.25) is 10.0 Å². The predicted molar refractivity (Wildman–Crippen MR) is 115 cm³/mol. The minimum absolute atomic E-state index is 0.0276. The van der Waals surface area contributed by atoms with Gasteiger partial charge in [-0.3, -0.25) is 4.79 Å². The molecule has 2 aliphatic carbocycles. The van der Waals surface area contributed by atoms with Crippen molar-refractivity contribution in [3.8, 4) is 17.0 Å². The van der Waals surface area contributed by atoms with Crippen molar-refractivity contribution in [1.29, 1.82) is 0 Å². The Balaban J connectivity index is 1.83. The summed E-state index contributed by atoms with van der Waals surface area (Å²) in [5.74, 6) is 0.307. The second kappa shape index (κ2) is 8.51. The highest BCUT2D eigenvalue weighted by molar-refractivity contribution is 7.89. The quantitative estimate of drug-likeness (QED) is 0.759. The number of benzene rings is 1. The van der Waals surface area contributed by atoms with Crippen LogP contribution in [0.4, 0.5) is 0 Å². The zero-order chi connectivity index (χ0) is 21.3. The Bertz CT molecular complexity index is 1100. The first kappa shape index (κ1) is 21.1. The maximum Gasteiger partial charge on any atom is 0.270 e. The SMILES string of the molecule is CCn1nc(-c2ccc(OC)c(S(=O)(=O)NC3CCCC3)c2)c2c(c1=O)CCCC2. The van der Waals surface area contributed by atoms with Crippen molar-refractivity contribution >= 4 is 10.0 Å². The molecular weight excluding hydrogens is 402 g/mol. The zero-order valence-electron chi connectivity index (χ0n) is 17.6. The fourth-order valence-electron chi connectivity index (χ4n) is 4.59. The third-order valence-electron chi connectivity index (χ3n) is 6.17. The van der Waals surface area contributed by atoms with Gasteiger partial charge in [0, 0.05) is 23.7 Å². The third kappa shape index (κ3) is 3.90. The lowest BCUT2D eigenvalue weighted by Gasteiger charge is -2.21. The standard InChI is InChI=1S/C22H29N3O4S/c1-3-25-22(26)18-11-7-6-10-17(18)21(23-25)15-12-13-19(29-2)20(14-15)30(27,28)24-16-8-4-5-9-16/h12-14,16,24H,3-11H2,1-2H3. The summed E-state index contributed by atoms with van der Waals surface area (Å²) < 4.78 is 36.0. The molecule has 30 heavy (non-hydrogen) atoms. The molecule has 0 atom stereocenters. The van der Waals surface area contributed by atoms with Gasteiger partial charge in [0.25, 0.3) is 5.56 Å². The Labute approximate surface area is 177 Å².